The number of hydrogen-bond donors (Lipinski definition) is 1. The maximum atomic E-state index is 12.3. The molecule has 1 aromatic carbocycles. The second kappa shape index (κ2) is 6.49. The number of benzene rings is 1. The van der Waals surface area contributed by atoms with Crippen LogP contribution >= 0.6 is 0 Å². The number of sulfonamides is 1. The fourth-order valence-corrected chi connectivity index (χ4v) is 3.14. The van der Waals surface area contributed by atoms with Crippen LogP contribution in [0.2, 0.25) is 0 Å². The van der Waals surface area contributed by atoms with Crippen molar-refractivity contribution in [2.75, 3.05) is 18.4 Å². The van der Waals surface area contributed by atoms with Crippen LogP contribution in [0, 0.1) is 0 Å². The van der Waals surface area contributed by atoms with Gasteiger partial charge in [-0.1, -0.05) is 26.5 Å². The van der Waals surface area contributed by atoms with Gasteiger partial charge in [0.05, 0.1) is 4.90 Å². The van der Waals surface area contributed by atoms with Crippen molar-refractivity contribution in [2.45, 2.75) is 18.7 Å². The zero-order valence-corrected chi connectivity index (χ0v) is 11.9. The van der Waals surface area contributed by atoms with Gasteiger partial charge in [-0.15, -0.1) is 0 Å². The summed E-state index contributed by atoms with van der Waals surface area (Å²) < 4.78 is 26.0. The average Bonchev–Trinajstić information content (AvgIpc) is 2.40. The van der Waals surface area contributed by atoms with Crippen LogP contribution in [0.3, 0.4) is 0 Å². The maximum absolute atomic E-state index is 12.3. The molecule has 0 heterocycles. The van der Waals surface area contributed by atoms with E-state index in [0.29, 0.717) is 18.8 Å². The van der Waals surface area contributed by atoms with Crippen molar-refractivity contribution in [2.24, 2.45) is 0 Å². The molecule has 6 heteroatoms. The van der Waals surface area contributed by atoms with Crippen LogP contribution in [0.15, 0.2) is 41.8 Å². The third kappa shape index (κ3) is 3.65. The average molecular weight is 282 g/mol. The van der Waals surface area contributed by atoms with Crippen molar-refractivity contribution < 1.29 is 13.2 Å². The van der Waals surface area contributed by atoms with Crippen LogP contribution < -0.4 is 5.32 Å². The standard InChI is InChI=1S/C13H18N2O3S/c1-4-13(16)14-11-8-7-9-12(10-11)19(17,18)15(5-2)6-3/h4,7-10H,1,5-6H2,2-3H3,(H,14,16). The predicted molar refractivity (Wildman–Crippen MR) is 75.4 cm³/mol. The van der Waals surface area contributed by atoms with Gasteiger partial charge in [0, 0.05) is 18.8 Å². The Morgan fingerprint density at radius 2 is 2.00 bits per heavy atom. The summed E-state index contributed by atoms with van der Waals surface area (Å²) in [5.41, 5.74) is 0.429. The second-order valence-electron chi connectivity index (χ2n) is 3.81. The lowest BCUT2D eigenvalue weighted by Crippen LogP contribution is -2.30. The lowest BCUT2D eigenvalue weighted by atomic mass is 10.3. The number of anilines is 1. The normalized spacial score (nSPS) is 11.3. The van der Waals surface area contributed by atoms with Crippen LogP contribution in [0.25, 0.3) is 0 Å². The molecule has 0 atom stereocenters. The molecule has 1 rings (SSSR count). The molecule has 0 aliphatic carbocycles. The quantitative estimate of drug-likeness (QED) is 0.810. The summed E-state index contributed by atoms with van der Waals surface area (Å²) in [6.07, 6.45) is 1.13. The number of nitrogens with zero attached hydrogens (tertiary/aromatic N) is 1. The highest BCUT2D eigenvalue weighted by Crippen LogP contribution is 2.19. The highest BCUT2D eigenvalue weighted by Gasteiger charge is 2.21. The molecule has 0 radical (unpaired) electrons. The van der Waals surface area contributed by atoms with E-state index in [0.717, 1.165) is 6.08 Å². The van der Waals surface area contributed by atoms with E-state index in [9.17, 15) is 13.2 Å². The summed E-state index contributed by atoms with van der Waals surface area (Å²) in [6, 6.07) is 6.17. The van der Waals surface area contributed by atoms with Gasteiger partial charge in [0.2, 0.25) is 15.9 Å². The minimum atomic E-state index is -3.51. The summed E-state index contributed by atoms with van der Waals surface area (Å²) in [4.78, 5) is 11.4. The molecule has 0 saturated heterocycles. The largest absolute Gasteiger partial charge is 0.322 e. The Balaban J connectivity index is 3.11. The summed E-state index contributed by atoms with van der Waals surface area (Å²) in [6.45, 7) is 7.72. The molecule has 0 bridgehead atoms. The Hall–Kier alpha value is -1.66. The zero-order valence-electron chi connectivity index (χ0n) is 11.1. The number of nitrogens with one attached hydrogen (secondary N) is 1. The molecule has 0 aromatic heterocycles. The molecule has 1 amide bonds. The Morgan fingerprint density at radius 3 is 2.53 bits per heavy atom. The number of amides is 1. The Bertz CT molecular complexity index is 563. The summed E-state index contributed by atoms with van der Waals surface area (Å²) >= 11 is 0. The molecule has 0 unspecified atom stereocenters. The van der Waals surface area contributed by atoms with Crippen LogP contribution in [0.1, 0.15) is 13.8 Å². The van der Waals surface area contributed by atoms with E-state index in [-0.39, 0.29) is 10.8 Å². The molecule has 0 fully saturated rings. The molecule has 0 saturated carbocycles. The summed E-state index contributed by atoms with van der Waals surface area (Å²) in [5, 5.41) is 2.54. The lowest BCUT2D eigenvalue weighted by molar-refractivity contribution is -0.111. The van der Waals surface area contributed by atoms with Crippen molar-refractivity contribution in [3.8, 4) is 0 Å². The molecular weight excluding hydrogens is 264 g/mol. The van der Waals surface area contributed by atoms with E-state index in [1.165, 1.54) is 16.4 Å². The first-order valence-corrected chi connectivity index (χ1v) is 7.43. The Morgan fingerprint density at radius 1 is 1.37 bits per heavy atom. The number of hydrogen-bond acceptors (Lipinski definition) is 3. The van der Waals surface area contributed by atoms with Crippen molar-refractivity contribution in [3.05, 3.63) is 36.9 Å². The molecule has 19 heavy (non-hydrogen) atoms. The van der Waals surface area contributed by atoms with Gasteiger partial charge in [-0.2, -0.15) is 4.31 Å². The number of rotatable bonds is 6. The molecule has 0 aliphatic rings. The van der Waals surface area contributed by atoms with E-state index in [1.807, 2.05) is 0 Å². The minimum Gasteiger partial charge on any atom is -0.322 e. The second-order valence-corrected chi connectivity index (χ2v) is 5.75. The Labute approximate surface area is 114 Å². The van der Waals surface area contributed by atoms with Crippen LogP contribution in [-0.2, 0) is 14.8 Å². The highest BCUT2D eigenvalue weighted by molar-refractivity contribution is 7.89. The van der Waals surface area contributed by atoms with Gasteiger partial charge in [0.1, 0.15) is 0 Å². The van der Waals surface area contributed by atoms with Crippen molar-refractivity contribution in [1.29, 1.82) is 0 Å². The van der Waals surface area contributed by atoms with Crippen LogP contribution in [0.5, 0.6) is 0 Å². The lowest BCUT2D eigenvalue weighted by Gasteiger charge is -2.18. The minimum absolute atomic E-state index is 0.165. The summed E-state index contributed by atoms with van der Waals surface area (Å²) in [7, 11) is -3.51. The third-order valence-electron chi connectivity index (χ3n) is 2.63. The first-order chi connectivity index (χ1) is 8.95. The third-order valence-corrected chi connectivity index (χ3v) is 4.68. The van der Waals surface area contributed by atoms with Gasteiger partial charge in [-0.05, 0) is 24.3 Å². The van der Waals surface area contributed by atoms with Gasteiger partial charge in [-0.3, -0.25) is 4.79 Å². The Kier molecular flexibility index (Phi) is 5.26. The van der Waals surface area contributed by atoms with Crippen LogP contribution in [0.4, 0.5) is 5.69 Å². The van der Waals surface area contributed by atoms with E-state index >= 15 is 0 Å². The number of carbonyl (C=O) groups excluding carboxylic acids is 1. The van der Waals surface area contributed by atoms with Gasteiger partial charge >= 0.3 is 0 Å². The van der Waals surface area contributed by atoms with Crippen molar-refractivity contribution >= 4 is 21.6 Å². The molecule has 1 N–H and O–H groups in total. The zero-order chi connectivity index (χ0) is 14.5. The maximum Gasteiger partial charge on any atom is 0.247 e. The monoisotopic (exact) mass is 282 g/mol. The first-order valence-electron chi connectivity index (χ1n) is 5.99. The molecule has 0 spiro atoms. The van der Waals surface area contributed by atoms with Crippen molar-refractivity contribution in [1.82, 2.24) is 4.31 Å². The van der Waals surface area contributed by atoms with E-state index in [2.05, 4.69) is 11.9 Å². The van der Waals surface area contributed by atoms with E-state index < -0.39 is 10.0 Å². The predicted octanol–water partition coefficient (Wildman–Crippen LogP) is 1.84. The van der Waals surface area contributed by atoms with E-state index in [4.69, 9.17) is 0 Å². The van der Waals surface area contributed by atoms with Gasteiger partial charge in [-0.25, -0.2) is 8.42 Å². The van der Waals surface area contributed by atoms with Gasteiger partial charge < -0.3 is 5.32 Å². The topological polar surface area (TPSA) is 66.5 Å². The number of carbonyl (C=O) groups is 1. The fraction of sp³-hybridized carbons (Fsp3) is 0.308. The fourth-order valence-electron chi connectivity index (χ4n) is 1.64. The SMILES string of the molecule is C=CC(=O)Nc1cccc(S(=O)(=O)N(CC)CC)c1. The van der Waals surface area contributed by atoms with Crippen LogP contribution in [-0.4, -0.2) is 31.7 Å². The highest BCUT2D eigenvalue weighted by atomic mass is 32.2. The smallest absolute Gasteiger partial charge is 0.247 e. The first kappa shape index (κ1) is 15.4. The molecule has 0 aliphatic heterocycles. The molecular formula is C13H18N2O3S. The van der Waals surface area contributed by atoms with Crippen molar-refractivity contribution in [3.63, 3.8) is 0 Å². The molecule has 1 aromatic rings. The molecule has 104 valence electrons. The molecule has 5 nitrogen and oxygen atoms in total. The van der Waals surface area contributed by atoms with Gasteiger partial charge in [0.25, 0.3) is 0 Å². The van der Waals surface area contributed by atoms with Gasteiger partial charge in [0.15, 0.2) is 0 Å². The van der Waals surface area contributed by atoms with E-state index in [1.54, 1.807) is 26.0 Å². The summed E-state index contributed by atoms with van der Waals surface area (Å²) in [5.74, 6) is -0.377.